The summed E-state index contributed by atoms with van der Waals surface area (Å²) in [5, 5.41) is 10.1. The van der Waals surface area contributed by atoms with Gasteiger partial charge in [0.15, 0.2) is 11.5 Å². The van der Waals surface area contributed by atoms with E-state index in [1.807, 2.05) is 18.2 Å². The fourth-order valence-electron chi connectivity index (χ4n) is 4.06. The minimum absolute atomic E-state index is 0.198. The number of phenols is 1. The van der Waals surface area contributed by atoms with Gasteiger partial charge in [0.25, 0.3) is 0 Å². The van der Waals surface area contributed by atoms with Crippen LogP contribution in [0, 0.1) is 0 Å². The van der Waals surface area contributed by atoms with Crippen LogP contribution in [0.1, 0.15) is 102 Å². The van der Waals surface area contributed by atoms with Crippen LogP contribution in [-0.2, 0) is 12.8 Å². The summed E-state index contributed by atoms with van der Waals surface area (Å²) in [6.07, 6.45) is 17.9. The van der Waals surface area contributed by atoms with E-state index in [2.05, 4.69) is 32.0 Å². The van der Waals surface area contributed by atoms with Crippen LogP contribution in [0.4, 0.5) is 0 Å². The Balaban J connectivity index is 2.03. The zero-order valence-electron chi connectivity index (χ0n) is 19.3. The standard InChI is InChI=1S/C28H42O2/c1-3-5-7-9-11-13-18-24-19-17-23-27(30-28-22-16-15-21-26(28)29)25(24)20-14-12-10-8-6-4-2/h15-17,19,21-23,29H,3-14,18,20H2,1-2H3. The highest BCUT2D eigenvalue weighted by Crippen LogP contribution is 2.34. The van der Waals surface area contributed by atoms with Crippen molar-refractivity contribution in [3.63, 3.8) is 0 Å². The molecule has 0 aliphatic rings. The molecule has 2 rings (SSSR count). The van der Waals surface area contributed by atoms with Gasteiger partial charge in [-0.15, -0.1) is 0 Å². The number of phenolic OH excluding ortho intramolecular Hbond substituents is 1. The van der Waals surface area contributed by atoms with Gasteiger partial charge in [0.2, 0.25) is 0 Å². The maximum absolute atomic E-state index is 10.1. The van der Waals surface area contributed by atoms with E-state index < -0.39 is 0 Å². The van der Waals surface area contributed by atoms with E-state index >= 15 is 0 Å². The summed E-state index contributed by atoms with van der Waals surface area (Å²) >= 11 is 0. The van der Waals surface area contributed by atoms with Crippen LogP contribution in [0.2, 0.25) is 0 Å². The Labute approximate surface area is 184 Å². The predicted molar refractivity (Wildman–Crippen MR) is 129 cm³/mol. The number of rotatable bonds is 16. The molecule has 2 aromatic carbocycles. The molecule has 2 aromatic rings. The number of benzene rings is 2. The third-order valence-electron chi connectivity index (χ3n) is 5.90. The molecule has 0 spiro atoms. The average Bonchev–Trinajstić information content (AvgIpc) is 2.76. The smallest absolute Gasteiger partial charge is 0.169 e. The molecule has 0 radical (unpaired) electrons. The second kappa shape index (κ2) is 14.9. The molecule has 2 nitrogen and oxygen atoms in total. The number of hydrogen-bond acceptors (Lipinski definition) is 2. The van der Waals surface area contributed by atoms with Crippen molar-refractivity contribution in [2.75, 3.05) is 0 Å². The fourth-order valence-corrected chi connectivity index (χ4v) is 4.06. The molecular weight excluding hydrogens is 368 g/mol. The summed E-state index contributed by atoms with van der Waals surface area (Å²) in [7, 11) is 0. The topological polar surface area (TPSA) is 29.5 Å². The van der Waals surface area contributed by atoms with E-state index in [0.29, 0.717) is 5.75 Å². The molecule has 30 heavy (non-hydrogen) atoms. The molecule has 0 atom stereocenters. The zero-order chi connectivity index (χ0) is 21.4. The van der Waals surface area contributed by atoms with Crippen molar-refractivity contribution >= 4 is 0 Å². The Morgan fingerprint density at radius 3 is 1.83 bits per heavy atom. The molecule has 0 bridgehead atoms. The molecular formula is C28H42O2. The number of para-hydroxylation sites is 2. The minimum atomic E-state index is 0.198. The molecule has 0 unspecified atom stereocenters. The molecule has 0 fully saturated rings. The maximum atomic E-state index is 10.1. The molecule has 0 saturated heterocycles. The highest BCUT2D eigenvalue weighted by atomic mass is 16.5. The number of ether oxygens (including phenoxy) is 1. The summed E-state index contributed by atoms with van der Waals surface area (Å²) < 4.78 is 6.19. The van der Waals surface area contributed by atoms with E-state index in [1.54, 1.807) is 6.07 Å². The summed E-state index contributed by atoms with van der Waals surface area (Å²) in [4.78, 5) is 0. The highest BCUT2D eigenvalue weighted by molar-refractivity contribution is 5.46. The predicted octanol–water partition coefficient (Wildman–Crippen LogP) is 8.99. The molecule has 0 aliphatic carbocycles. The van der Waals surface area contributed by atoms with Crippen molar-refractivity contribution in [1.82, 2.24) is 0 Å². The first-order valence-electron chi connectivity index (χ1n) is 12.3. The van der Waals surface area contributed by atoms with Gasteiger partial charge in [-0.2, -0.15) is 0 Å². The number of aryl methyl sites for hydroxylation is 1. The molecule has 1 N–H and O–H groups in total. The molecule has 0 heterocycles. The fraction of sp³-hybridized carbons (Fsp3) is 0.571. The molecule has 0 aromatic heterocycles. The van der Waals surface area contributed by atoms with Crippen LogP contribution in [0.25, 0.3) is 0 Å². The number of hydrogen-bond donors (Lipinski definition) is 1. The van der Waals surface area contributed by atoms with Crippen molar-refractivity contribution in [2.45, 2.75) is 104 Å². The van der Waals surface area contributed by atoms with Gasteiger partial charge in [0.1, 0.15) is 5.75 Å². The highest BCUT2D eigenvalue weighted by Gasteiger charge is 2.12. The normalized spacial score (nSPS) is 11.0. The van der Waals surface area contributed by atoms with Gasteiger partial charge in [0, 0.05) is 0 Å². The summed E-state index contributed by atoms with van der Waals surface area (Å²) in [6, 6.07) is 13.7. The van der Waals surface area contributed by atoms with Crippen LogP contribution in [0.5, 0.6) is 17.2 Å². The van der Waals surface area contributed by atoms with Crippen LogP contribution in [0.3, 0.4) is 0 Å². The zero-order valence-corrected chi connectivity index (χ0v) is 19.3. The Bertz CT molecular complexity index is 708. The van der Waals surface area contributed by atoms with Crippen molar-refractivity contribution in [3.05, 3.63) is 53.6 Å². The second-order valence-electron chi connectivity index (χ2n) is 8.50. The SMILES string of the molecule is CCCCCCCCc1cccc(Oc2ccccc2O)c1CCCCCCCC. The lowest BCUT2D eigenvalue weighted by Crippen LogP contribution is -2.00. The molecule has 0 amide bonds. The molecule has 166 valence electrons. The van der Waals surface area contributed by atoms with Crippen molar-refractivity contribution < 1.29 is 9.84 Å². The monoisotopic (exact) mass is 410 g/mol. The van der Waals surface area contributed by atoms with Gasteiger partial charge in [-0.05, 0) is 55.0 Å². The van der Waals surface area contributed by atoms with E-state index in [4.69, 9.17) is 4.74 Å². The van der Waals surface area contributed by atoms with Gasteiger partial charge in [-0.3, -0.25) is 0 Å². The van der Waals surface area contributed by atoms with E-state index in [1.165, 1.54) is 88.2 Å². The van der Waals surface area contributed by atoms with Crippen molar-refractivity contribution in [1.29, 1.82) is 0 Å². The summed E-state index contributed by atoms with van der Waals surface area (Å²) in [5.74, 6) is 1.65. The van der Waals surface area contributed by atoms with Gasteiger partial charge in [0.05, 0.1) is 0 Å². The number of aromatic hydroxyl groups is 1. The lowest BCUT2D eigenvalue weighted by Gasteiger charge is -2.16. The number of unbranched alkanes of at least 4 members (excludes halogenated alkanes) is 10. The largest absolute Gasteiger partial charge is 0.504 e. The van der Waals surface area contributed by atoms with E-state index in [9.17, 15) is 5.11 Å². The third-order valence-corrected chi connectivity index (χ3v) is 5.90. The molecule has 0 saturated carbocycles. The van der Waals surface area contributed by atoms with Gasteiger partial charge < -0.3 is 9.84 Å². The van der Waals surface area contributed by atoms with Crippen molar-refractivity contribution in [2.24, 2.45) is 0 Å². The Morgan fingerprint density at radius 1 is 0.600 bits per heavy atom. The van der Waals surface area contributed by atoms with Gasteiger partial charge >= 0.3 is 0 Å². The Hall–Kier alpha value is -1.96. The van der Waals surface area contributed by atoms with Crippen molar-refractivity contribution in [3.8, 4) is 17.2 Å². The minimum Gasteiger partial charge on any atom is -0.504 e. The van der Waals surface area contributed by atoms with E-state index in [0.717, 1.165) is 18.6 Å². The lowest BCUT2D eigenvalue weighted by molar-refractivity contribution is 0.408. The van der Waals surface area contributed by atoms with Crippen LogP contribution in [0.15, 0.2) is 42.5 Å². The molecule has 0 aliphatic heterocycles. The maximum Gasteiger partial charge on any atom is 0.169 e. The summed E-state index contributed by atoms with van der Waals surface area (Å²) in [5.41, 5.74) is 2.76. The molecule has 2 heteroatoms. The van der Waals surface area contributed by atoms with Gasteiger partial charge in [-0.1, -0.05) is 102 Å². The first-order chi connectivity index (χ1) is 14.8. The van der Waals surface area contributed by atoms with Crippen LogP contribution >= 0.6 is 0 Å². The second-order valence-corrected chi connectivity index (χ2v) is 8.50. The van der Waals surface area contributed by atoms with Crippen LogP contribution in [-0.4, -0.2) is 5.11 Å². The quantitative estimate of drug-likeness (QED) is 0.280. The summed E-state index contributed by atoms with van der Waals surface area (Å²) in [6.45, 7) is 4.53. The average molecular weight is 411 g/mol. The third kappa shape index (κ3) is 8.81. The lowest BCUT2D eigenvalue weighted by atomic mass is 9.95. The Kier molecular flexibility index (Phi) is 12.1. The van der Waals surface area contributed by atoms with E-state index in [-0.39, 0.29) is 5.75 Å². The first-order valence-corrected chi connectivity index (χ1v) is 12.3. The first kappa shape index (κ1) is 24.3. The Morgan fingerprint density at radius 2 is 1.17 bits per heavy atom. The van der Waals surface area contributed by atoms with Crippen LogP contribution < -0.4 is 4.74 Å². The van der Waals surface area contributed by atoms with Gasteiger partial charge in [-0.25, -0.2) is 0 Å².